The van der Waals surface area contributed by atoms with Crippen LogP contribution in [-0.4, -0.2) is 72.7 Å². The molecule has 1 atom stereocenters. The van der Waals surface area contributed by atoms with Crippen molar-refractivity contribution in [2.75, 3.05) is 39.8 Å². The van der Waals surface area contributed by atoms with Gasteiger partial charge in [-0.1, -0.05) is 6.92 Å². The molecule has 0 radical (unpaired) electrons. The number of carbonyl (C=O) groups excluding carboxylic acids is 1. The average molecular weight is 340 g/mol. The fraction of sp³-hybridized carbons (Fsp3) is 0.947. The van der Waals surface area contributed by atoms with Gasteiger partial charge in [0.05, 0.1) is 12.6 Å². The van der Waals surface area contributed by atoms with Crippen LogP contribution >= 0.6 is 0 Å². The smallest absolute Gasteiger partial charge is 0.234 e. The number of amides is 1. The predicted molar refractivity (Wildman–Crippen MR) is 97.9 cm³/mol. The highest BCUT2D eigenvalue weighted by molar-refractivity contribution is 5.78. The van der Waals surface area contributed by atoms with E-state index in [0.717, 1.165) is 44.9 Å². The summed E-state index contributed by atoms with van der Waals surface area (Å²) < 4.78 is 0. The third-order valence-corrected chi connectivity index (χ3v) is 5.59. The molecular formula is C19H37N3O2. The molecule has 2 aliphatic rings. The summed E-state index contributed by atoms with van der Waals surface area (Å²) in [7, 11) is 2.06. The second kappa shape index (κ2) is 9.73. The molecule has 140 valence electrons. The molecule has 0 aromatic rings. The van der Waals surface area contributed by atoms with Gasteiger partial charge in [0, 0.05) is 19.1 Å². The molecule has 1 aliphatic heterocycles. The summed E-state index contributed by atoms with van der Waals surface area (Å²) in [6.45, 7) is 8.58. The zero-order chi connectivity index (χ0) is 17.5. The Hall–Kier alpha value is -0.650. The first-order valence-corrected chi connectivity index (χ1v) is 9.80. The van der Waals surface area contributed by atoms with Crippen LogP contribution in [0.4, 0.5) is 0 Å². The van der Waals surface area contributed by atoms with Crippen molar-refractivity contribution in [2.45, 2.75) is 64.5 Å². The molecule has 24 heavy (non-hydrogen) atoms. The minimum atomic E-state index is -0.240. The fourth-order valence-corrected chi connectivity index (χ4v) is 4.15. The van der Waals surface area contributed by atoms with Crippen LogP contribution in [0.5, 0.6) is 0 Å². The summed E-state index contributed by atoms with van der Waals surface area (Å²) in [5.41, 5.74) is 0. The molecule has 1 heterocycles. The first-order valence-electron chi connectivity index (χ1n) is 9.80. The molecule has 2 N–H and O–H groups in total. The minimum absolute atomic E-state index is 0.184. The number of nitrogens with one attached hydrogen (secondary N) is 1. The average Bonchev–Trinajstić information content (AvgIpc) is 2.51. The molecule has 1 amide bonds. The van der Waals surface area contributed by atoms with Crippen LogP contribution in [-0.2, 0) is 4.79 Å². The maximum absolute atomic E-state index is 12.2. The molecule has 0 spiro atoms. The molecule has 5 heteroatoms. The lowest BCUT2D eigenvalue weighted by molar-refractivity contribution is -0.123. The number of hydrogen-bond donors (Lipinski definition) is 2. The van der Waals surface area contributed by atoms with Gasteiger partial charge < -0.3 is 15.3 Å². The lowest BCUT2D eigenvalue weighted by atomic mass is 9.87. The number of carbonyl (C=O) groups is 1. The van der Waals surface area contributed by atoms with Crippen LogP contribution < -0.4 is 5.32 Å². The van der Waals surface area contributed by atoms with Gasteiger partial charge in [-0.25, -0.2) is 0 Å². The van der Waals surface area contributed by atoms with Crippen LogP contribution in [0.1, 0.15) is 52.4 Å². The minimum Gasteiger partial charge on any atom is -0.392 e. The SMILES string of the molecule is CC1CCC(NC(=O)CN(C)CC2CCN(C[C@H](C)O)CC2)CC1. The second-order valence-electron chi connectivity index (χ2n) is 8.31. The molecule has 0 aromatic carbocycles. The molecule has 2 rings (SSSR count). The Kier molecular flexibility index (Phi) is 7.98. The Morgan fingerprint density at radius 2 is 1.83 bits per heavy atom. The summed E-state index contributed by atoms with van der Waals surface area (Å²) in [6, 6.07) is 0.394. The Balaban J connectivity index is 1.61. The number of nitrogens with zero attached hydrogens (tertiary/aromatic N) is 2. The van der Waals surface area contributed by atoms with Crippen molar-refractivity contribution in [1.82, 2.24) is 15.1 Å². The molecule has 0 bridgehead atoms. The molecule has 1 aliphatic carbocycles. The van der Waals surface area contributed by atoms with Crippen molar-refractivity contribution < 1.29 is 9.90 Å². The molecular weight excluding hydrogens is 302 g/mol. The second-order valence-corrected chi connectivity index (χ2v) is 8.31. The number of likely N-dealkylation sites (tertiary alicyclic amines) is 1. The number of likely N-dealkylation sites (N-methyl/N-ethyl adjacent to an activating group) is 1. The number of hydrogen-bond acceptors (Lipinski definition) is 4. The Morgan fingerprint density at radius 1 is 1.21 bits per heavy atom. The molecule has 1 saturated heterocycles. The Morgan fingerprint density at radius 3 is 2.42 bits per heavy atom. The standard InChI is InChI=1S/C19H37N3O2/c1-15-4-6-18(7-5-15)20-19(24)14-21(3)13-17-8-10-22(11-9-17)12-16(2)23/h15-18,23H,4-14H2,1-3H3,(H,20,24)/t15?,16-,18?/m0/s1. The molecule has 0 aromatic heterocycles. The van der Waals surface area contributed by atoms with E-state index >= 15 is 0 Å². The summed E-state index contributed by atoms with van der Waals surface area (Å²) in [4.78, 5) is 16.8. The highest BCUT2D eigenvalue weighted by Crippen LogP contribution is 2.23. The number of piperidine rings is 1. The van der Waals surface area contributed by atoms with E-state index in [1.54, 1.807) is 0 Å². The van der Waals surface area contributed by atoms with Gasteiger partial charge in [0.15, 0.2) is 0 Å². The van der Waals surface area contributed by atoms with Crippen molar-refractivity contribution >= 4 is 5.91 Å². The van der Waals surface area contributed by atoms with Crippen molar-refractivity contribution in [2.24, 2.45) is 11.8 Å². The van der Waals surface area contributed by atoms with Gasteiger partial charge in [-0.05, 0) is 77.4 Å². The summed E-state index contributed by atoms with van der Waals surface area (Å²) in [5, 5.41) is 12.7. The van der Waals surface area contributed by atoms with E-state index in [2.05, 4.69) is 29.1 Å². The van der Waals surface area contributed by atoms with Crippen molar-refractivity contribution in [1.29, 1.82) is 0 Å². The predicted octanol–water partition coefficient (Wildman–Crippen LogP) is 1.71. The van der Waals surface area contributed by atoms with E-state index in [1.165, 1.54) is 25.7 Å². The maximum atomic E-state index is 12.2. The van der Waals surface area contributed by atoms with E-state index in [-0.39, 0.29) is 12.0 Å². The summed E-state index contributed by atoms with van der Waals surface area (Å²) >= 11 is 0. The summed E-state index contributed by atoms with van der Waals surface area (Å²) in [5.74, 6) is 1.67. The highest BCUT2D eigenvalue weighted by Gasteiger charge is 2.23. The summed E-state index contributed by atoms with van der Waals surface area (Å²) in [6.07, 6.45) is 6.85. The largest absolute Gasteiger partial charge is 0.392 e. The van der Waals surface area contributed by atoms with Crippen LogP contribution in [0.15, 0.2) is 0 Å². The third-order valence-electron chi connectivity index (χ3n) is 5.59. The first-order chi connectivity index (χ1) is 11.4. The van der Waals surface area contributed by atoms with Crippen LogP contribution in [0.25, 0.3) is 0 Å². The van der Waals surface area contributed by atoms with Crippen molar-refractivity contribution in [3.63, 3.8) is 0 Å². The lowest BCUT2D eigenvalue weighted by Gasteiger charge is -2.34. The topological polar surface area (TPSA) is 55.8 Å². The molecule has 5 nitrogen and oxygen atoms in total. The fourth-order valence-electron chi connectivity index (χ4n) is 4.15. The number of β-amino-alcohol motifs (C(OH)–C–C–N with tert-alkyl or cyclic N) is 1. The van der Waals surface area contributed by atoms with Gasteiger partial charge in [0.1, 0.15) is 0 Å². The Labute approximate surface area is 147 Å². The molecule has 1 saturated carbocycles. The van der Waals surface area contributed by atoms with Crippen molar-refractivity contribution in [3.05, 3.63) is 0 Å². The molecule has 2 fully saturated rings. The molecule has 0 unspecified atom stereocenters. The van der Waals surface area contributed by atoms with Gasteiger partial charge in [-0.15, -0.1) is 0 Å². The maximum Gasteiger partial charge on any atom is 0.234 e. The van der Waals surface area contributed by atoms with Gasteiger partial charge in [0.2, 0.25) is 5.91 Å². The van der Waals surface area contributed by atoms with E-state index in [0.29, 0.717) is 18.5 Å². The van der Waals surface area contributed by atoms with Crippen LogP contribution in [0.2, 0.25) is 0 Å². The first kappa shape index (κ1) is 19.7. The number of rotatable bonds is 7. The zero-order valence-electron chi connectivity index (χ0n) is 15.8. The lowest BCUT2D eigenvalue weighted by Crippen LogP contribution is -2.45. The van der Waals surface area contributed by atoms with Gasteiger partial charge >= 0.3 is 0 Å². The van der Waals surface area contributed by atoms with E-state index in [1.807, 2.05) is 6.92 Å². The van der Waals surface area contributed by atoms with Crippen LogP contribution in [0, 0.1) is 11.8 Å². The van der Waals surface area contributed by atoms with Crippen LogP contribution in [0.3, 0.4) is 0 Å². The van der Waals surface area contributed by atoms with Gasteiger partial charge in [-0.2, -0.15) is 0 Å². The van der Waals surface area contributed by atoms with E-state index < -0.39 is 0 Å². The van der Waals surface area contributed by atoms with Gasteiger partial charge in [0.25, 0.3) is 0 Å². The quantitative estimate of drug-likeness (QED) is 0.741. The number of aliphatic hydroxyl groups is 1. The van der Waals surface area contributed by atoms with E-state index in [4.69, 9.17) is 0 Å². The monoisotopic (exact) mass is 339 g/mol. The van der Waals surface area contributed by atoms with Gasteiger partial charge in [-0.3, -0.25) is 9.69 Å². The zero-order valence-corrected chi connectivity index (χ0v) is 15.8. The normalized spacial score (nSPS) is 28.0. The third kappa shape index (κ3) is 7.08. The van der Waals surface area contributed by atoms with E-state index in [9.17, 15) is 9.90 Å². The Bertz CT molecular complexity index is 373. The highest BCUT2D eigenvalue weighted by atomic mass is 16.3. The van der Waals surface area contributed by atoms with Crippen molar-refractivity contribution in [3.8, 4) is 0 Å². The number of aliphatic hydroxyl groups excluding tert-OH is 1.